The number of nitrogens with one attached hydrogen (secondary N) is 2. The lowest BCUT2D eigenvalue weighted by atomic mass is 9.93. The second kappa shape index (κ2) is 4.88. The van der Waals surface area contributed by atoms with Crippen LogP contribution in [0.15, 0.2) is 30.3 Å². The summed E-state index contributed by atoms with van der Waals surface area (Å²) in [5.41, 5.74) is 0.834. The Morgan fingerprint density at radius 2 is 2.06 bits per heavy atom. The van der Waals surface area contributed by atoms with E-state index in [4.69, 9.17) is 0 Å². The summed E-state index contributed by atoms with van der Waals surface area (Å²) in [5.74, 6) is 0.279. The van der Waals surface area contributed by atoms with Crippen molar-refractivity contribution in [3.05, 3.63) is 35.9 Å². The number of amides is 1. The number of carbonyl (C=O) groups is 1. The second-order valence-corrected chi connectivity index (χ2v) is 5.17. The summed E-state index contributed by atoms with van der Waals surface area (Å²) in [6.45, 7) is 5.84. The van der Waals surface area contributed by atoms with E-state index in [0.29, 0.717) is 0 Å². The third-order valence-corrected chi connectivity index (χ3v) is 3.36. The molecule has 0 radical (unpaired) electrons. The largest absolute Gasteiger partial charge is 0.347 e. The average molecular weight is 232 g/mol. The Kier molecular flexibility index (Phi) is 3.48. The standard InChI is InChI=1S/C14H20N2O/c1-14(2,12-6-4-3-5-7-12)16-13(17)11-8-9-15-10-11/h3-7,11,15H,8-10H2,1-2H3,(H,16,17). The summed E-state index contributed by atoms with van der Waals surface area (Å²) in [4.78, 5) is 12.1. The molecule has 3 heteroatoms. The maximum Gasteiger partial charge on any atom is 0.225 e. The highest BCUT2D eigenvalue weighted by molar-refractivity contribution is 5.80. The minimum atomic E-state index is -0.305. The summed E-state index contributed by atoms with van der Waals surface area (Å²) < 4.78 is 0. The highest BCUT2D eigenvalue weighted by Gasteiger charge is 2.28. The van der Waals surface area contributed by atoms with Gasteiger partial charge in [0.2, 0.25) is 5.91 Å². The average Bonchev–Trinajstić information content (AvgIpc) is 2.83. The van der Waals surface area contributed by atoms with Crippen molar-refractivity contribution in [1.82, 2.24) is 10.6 Å². The maximum atomic E-state index is 12.1. The van der Waals surface area contributed by atoms with Gasteiger partial charge in [0, 0.05) is 6.54 Å². The molecule has 0 aliphatic carbocycles. The van der Waals surface area contributed by atoms with Crippen LogP contribution in [-0.2, 0) is 10.3 Å². The summed E-state index contributed by atoms with van der Waals surface area (Å²) >= 11 is 0. The lowest BCUT2D eigenvalue weighted by Crippen LogP contribution is -2.44. The number of carbonyl (C=O) groups excluding carboxylic acids is 1. The first-order chi connectivity index (χ1) is 8.09. The highest BCUT2D eigenvalue weighted by Crippen LogP contribution is 2.20. The van der Waals surface area contributed by atoms with Crippen LogP contribution < -0.4 is 10.6 Å². The molecular formula is C14H20N2O. The van der Waals surface area contributed by atoms with Crippen molar-refractivity contribution in [2.75, 3.05) is 13.1 Å². The van der Waals surface area contributed by atoms with Gasteiger partial charge in [0.05, 0.1) is 11.5 Å². The van der Waals surface area contributed by atoms with Crippen molar-refractivity contribution < 1.29 is 4.79 Å². The molecule has 1 fully saturated rings. The molecule has 1 atom stereocenters. The van der Waals surface area contributed by atoms with Crippen LogP contribution in [0.2, 0.25) is 0 Å². The molecule has 92 valence electrons. The predicted octanol–water partition coefficient (Wildman–Crippen LogP) is 1.65. The molecule has 0 aromatic heterocycles. The van der Waals surface area contributed by atoms with Gasteiger partial charge in [-0.2, -0.15) is 0 Å². The van der Waals surface area contributed by atoms with Crippen LogP contribution in [0.4, 0.5) is 0 Å². The molecule has 1 amide bonds. The minimum absolute atomic E-state index is 0.123. The number of hydrogen-bond donors (Lipinski definition) is 2. The molecule has 0 spiro atoms. The van der Waals surface area contributed by atoms with Gasteiger partial charge in [-0.3, -0.25) is 4.79 Å². The molecule has 1 unspecified atom stereocenters. The Hall–Kier alpha value is -1.35. The number of rotatable bonds is 3. The van der Waals surface area contributed by atoms with Gasteiger partial charge in [-0.05, 0) is 32.4 Å². The molecule has 1 aromatic carbocycles. The van der Waals surface area contributed by atoms with Gasteiger partial charge >= 0.3 is 0 Å². The Labute approximate surface area is 103 Å². The Morgan fingerprint density at radius 3 is 2.65 bits per heavy atom. The van der Waals surface area contributed by atoms with Crippen molar-refractivity contribution in [1.29, 1.82) is 0 Å². The van der Waals surface area contributed by atoms with Crippen LogP contribution >= 0.6 is 0 Å². The Morgan fingerprint density at radius 1 is 1.35 bits per heavy atom. The lowest BCUT2D eigenvalue weighted by molar-refractivity contribution is -0.126. The van der Waals surface area contributed by atoms with E-state index in [1.165, 1.54) is 0 Å². The molecule has 1 aliphatic rings. The molecule has 17 heavy (non-hydrogen) atoms. The number of benzene rings is 1. The van der Waals surface area contributed by atoms with Crippen molar-refractivity contribution in [3.63, 3.8) is 0 Å². The minimum Gasteiger partial charge on any atom is -0.347 e. The molecule has 0 bridgehead atoms. The monoisotopic (exact) mass is 232 g/mol. The molecule has 2 rings (SSSR count). The Balaban J connectivity index is 2.04. The first kappa shape index (κ1) is 12.1. The first-order valence-corrected chi connectivity index (χ1v) is 6.18. The van der Waals surface area contributed by atoms with E-state index >= 15 is 0 Å². The summed E-state index contributed by atoms with van der Waals surface area (Å²) in [5, 5.41) is 6.35. The van der Waals surface area contributed by atoms with E-state index < -0.39 is 0 Å². The molecule has 1 saturated heterocycles. The van der Waals surface area contributed by atoms with E-state index in [1.807, 2.05) is 44.2 Å². The van der Waals surface area contributed by atoms with Crippen molar-refractivity contribution in [3.8, 4) is 0 Å². The fraction of sp³-hybridized carbons (Fsp3) is 0.500. The fourth-order valence-corrected chi connectivity index (χ4v) is 2.22. The van der Waals surface area contributed by atoms with E-state index in [9.17, 15) is 4.79 Å². The van der Waals surface area contributed by atoms with Crippen molar-refractivity contribution in [2.45, 2.75) is 25.8 Å². The van der Waals surface area contributed by atoms with Crippen LogP contribution in [-0.4, -0.2) is 19.0 Å². The van der Waals surface area contributed by atoms with E-state index in [2.05, 4.69) is 10.6 Å². The van der Waals surface area contributed by atoms with Gasteiger partial charge in [-0.15, -0.1) is 0 Å². The van der Waals surface area contributed by atoms with Crippen LogP contribution in [0.3, 0.4) is 0 Å². The van der Waals surface area contributed by atoms with Crippen LogP contribution in [0.25, 0.3) is 0 Å². The molecule has 2 N–H and O–H groups in total. The van der Waals surface area contributed by atoms with Crippen LogP contribution in [0.5, 0.6) is 0 Å². The van der Waals surface area contributed by atoms with Crippen LogP contribution in [0.1, 0.15) is 25.8 Å². The third-order valence-electron chi connectivity index (χ3n) is 3.36. The SMILES string of the molecule is CC(C)(NC(=O)C1CCNC1)c1ccccc1. The second-order valence-electron chi connectivity index (χ2n) is 5.17. The molecule has 0 saturated carbocycles. The Bertz CT molecular complexity index is 380. The first-order valence-electron chi connectivity index (χ1n) is 6.18. The molecule has 3 nitrogen and oxygen atoms in total. The smallest absolute Gasteiger partial charge is 0.225 e. The zero-order valence-electron chi connectivity index (χ0n) is 10.5. The highest BCUT2D eigenvalue weighted by atomic mass is 16.2. The molecule has 1 aliphatic heterocycles. The van der Waals surface area contributed by atoms with Gasteiger partial charge in [0.15, 0.2) is 0 Å². The molecule has 1 heterocycles. The zero-order valence-corrected chi connectivity index (χ0v) is 10.5. The van der Waals surface area contributed by atoms with Crippen molar-refractivity contribution >= 4 is 5.91 Å². The fourth-order valence-electron chi connectivity index (χ4n) is 2.22. The lowest BCUT2D eigenvalue weighted by Gasteiger charge is -2.28. The maximum absolute atomic E-state index is 12.1. The van der Waals surface area contributed by atoms with Crippen molar-refractivity contribution in [2.24, 2.45) is 5.92 Å². The normalized spacial score (nSPS) is 20.2. The van der Waals surface area contributed by atoms with Gasteiger partial charge < -0.3 is 10.6 Å². The van der Waals surface area contributed by atoms with Gasteiger partial charge in [0.25, 0.3) is 0 Å². The third kappa shape index (κ3) is 2.86. The van der Waals surface area contributed by atoms with Crippen LogP contribution in [0, 0.1) is 5.92 Å². The van der Waals surface area contributed by atoms with E-state index in [0.717, 1.165) is 25.1 Å². The quantitative estimate of drug-likeness (QED) is 0.832. The predicted molar refractivity (Wildman–Crippen MR) is 68.6 cm³/mol. The molecular weight excluding hydrogens is 212 g/mol. The summed E-state index contributed by atoms with van der Waals surface area (Å²) in [6.07, 6.45) is 0.941. The zero-order chi connectivity index (χ0) is 12.3. The van der Waals surface area contributed by atoms with Gasteiger partial charge in [-0.1, -0.05) is 30.3 Å². The summed E-state index contributed by atoms with van der Waals surface area (Å²) in [7, 11) is 0. The van der Waals surface area contributed by atoms with Gasteiger partial charge in [0.1, 0.15) is 0 Å². The van der Waals surface area contributed by atoms with E-state index in [-0.39, 0.29) is 17.4 Å². The van der Waals surface area contributed by atoms with E-state index in [1.54, 1.807) is 0 Å². The van der Waals surface area contributed by atoms with Gasteiger partial charge in [-0.25, -0.2) is 0 Å². The topological polar surface area (TPSA) is 41.1 Å². The number of hydrogen-bond acceptors (Lipinski definition) is 2. The molecule has 1 aromatic rings. The summed E-state index contributed by atoms with van der Waals surface area (Å²) in [6, 6.07) is 10.1.